The fourth-order valence-corrected chi connectivity index (χ4v) is 1.83. The van der Waals surface area contributed by atoms with E-state index in [9.17, 15) is 4.79 Å². The van der Waals surface area contributed by atoms with Crippen molar-refractivity contribution in [3.05, 3.63) is 29.3 Å². The summed E-state index contributed by atoms with van der Waals surface area (Å²) < 4.78 is 0. The second kappa shape index (κ2) is 4.01. The first-order valence-electron chi connectivity index (χ1n) is 4.83. The van der Waals surface area contributed by atoms with Crippen LogP contribution in [-0.2, 0) is 4.79 Å². The van der Waals surface area contributed by atoms with E-state index >= 15 is 0 Å². The molecule has 1 aliphatic heterocycles. The summed E-state index contributed by atoms with van der Waals surface area (Å²) in [5.74, 6) is 0.221. The third-order valence-corrected chi connectivity index (χ3v) is 2.71. The van der Waals surface area contributed by atoms with Crippen molar-refractivity contribution in [2.45, 2.75) is 19.3 Å². The maximum atomic E-state index is 11.6. The predicted octanol–water partition coefficient (Wildman–Crippen LogP) is 2.86. The third kappa shape index (κ3) is 1.90. The maximum Gasteiger partial charge on any atom is 0.226 e. The zero-order valence-electron chi connectivity index (χ0n) is 7.87. The van der Waals surface area contributed by atoms with Crippen molar-refractivity contribution in [2.24, 2.45) is 0 Å². The van der Waals surface area contributed by atoms with Gasteiger partial charge in [-0.25, -0.2) is 0 Å². The van der Waals surface area contributed by atoms with Crippen LogP contribution in [0.3, 0.4) is 0 Å². The lowest BCUT2D eigenvalue weighted by Crippen LogP contribution is -2.35. The van der Waals surface area contributed by atoms with Crippen molar-refractivity contribution < 1.29 is 4.79 Å². The summed E-state index contributed by atoms with van der Waals surface area (Å²) in [6.07, 6.45) is 2.78. The number of benzene rings is 1. The highest BCUT2D eigenvalue weighted by molar-refractivity contribution is 6.30. The number of rotatable bonds is 1. The Labute approximate surface area is 88.5 Å². The van der Waals surface area contributed by atoms with E-state index in [0.29, 0.717) is 11.4 Å². The van der Waals surface area contributed by atoms with Gasteiger partial charge in [-0.1, -0.05) is 11.6 Å². The second-order valence-electron chi connectivity index (χ2n) is 3.48. The summed E-state index contributed by atoms with van der Waals surface area (Å²) in [5.41, 5.74) is 0.958. The number of nitrogens with zero attached hydrogens (tertiary/aromatic N) is 1. The highest BCUT2D eigenvalue weighted by Gasteiger charge is 2.18. The average Bonchev–Trinajstić information content (AvgIpc) is 2.20. The van der Waals surface area contributed by atoms with E-state index in [-0.39, 0.29) is 5.91 Å². The Morgan fingerprint density at radius 1 is 1.14 bits per heavy atom. The first-order chi connectivity index (χ1) is 6.77. The topological polar surface area (TPSA) is 20.3 Å². The van der Waals surface area contributed by atoms with E-state index in [0.717, 1.165) is 25.1 Å². The molecule has 1 fully saturated rings. The van der Waals surface area contributed by atoms with Crippen LogP contribution in [0.25, 0.3) is 0 Å². The van der Waals surface area contributed by atoms with Gasteiger partial charge in [0.25, 0.3) is 0 Å². The molecule has 2 rings (SSSR count). The molecule has 74 valence electrons. The fourth-order valence-electron chi connectivity index (χ4n) is 1.70. The Bertz CT molecular complexity index is 334. The molecule has 0 aromatic heterocycles. The van der Waals surface area contributed by atoms with Crippen molar-refractivity contribution in [1.29, 1.82) is 0 Å². The molecule has 0 unspecified atom stereocenters. The zero-order chi connectivity index (χ0) is 9.97. The number of anilines is 1. The van der Waals surface area contributed by atoms with E-state index < -0.39 is 0 Å². The van der Waals surface area contributed by atoms with Crippen molar-refractivity contribution in [2.75, 3.05) is 11.4 Å². The number of carbonyl (C=O) groups excluding carboxylic acids is 1. The molecule has 1 heterocycles. The molecule has 1 aliphatic rings. The van der Waals surface area contributed by atoms with Crippen LogP contribution in [0, 0.1) is 0 Å². The smallest absolute Gasteiger partial charge is 0.226 e. The fraction of sp³-hybridized carbons (Fsp3) is 0.364. The van der Waals surface area contributed by atoms with E-state index in [1.165, 1.54) is 0 Å². The van der Waals surface area contributed by atoms with E-state index in [1.54, 1.807) is 0 Å². The molecule has 0 radical (unpaired) electrons. The first kappa shape index (κ1) is 9.53. The number of carbonyl (C=O) groups is 1. The molecule has 0 bridgehead atoms. The quantitative estimate of drug-likeness (QED) is 0.697. The van der Waals surface area contributed by atoms with Crippen molar-refractivity contribution in [3.63, 3.8) is 0 Å². The van der Waals surface area contributed by atoms with Crippen LogP contribution < -0.4 is 4.90 Å². The summed E-state index contributed by atoms with van der Waals surface area (Å²) in [4.78, 5) is 13.4. The predicted molar refractivity (Wildman–Crippen MR) is 57.7 cm³/mol. The van der Waals surface area contributed by atoms with Gasteiger partial charge in [0, 0.05) is 23.7 Å². The minimum Gasteiger partial charge on any atom is -0.312 e. The Kier molecular flexibility index (Phi) is 2.73. The lowest BCUT2D eigenvalue weighted by atomic mass is 10.1. The van der Waals surface area contributed by atoms with Gasteiger partial charge in [0.15, 0.2) is 0 Å². The highest BCUT2D eigenvalue weighted by Crippen LogP contribution is 2.22. The van der Waals surface area contributed by atoms with Crippen LogP contribution in [0.4, 0.5) is 5.69 Å². The SMILES string of the molecule is O=C1CCCCN1c1ccc(Cl)cc1. The number of piperidine rings is 1. The number of hydrogen-bond donors (Lipinski definition) is 0. The molecule has 1 saturated heterocycles. The molecule has 0 atom stereocenters. The Morgan fingerprint density at radius 3 is 2.50 bits per heavy atom. The van der Waals surface area contributed by atoms with Crippen LogP contribution in [0.15, 0.2) is 24.3 Å². The standard InChI is InChI=1S/C11H12ClNO/c12-9-4-6-10(7-5-9)13-8-2-1-3-11(13)14/h4-7H,1-3,8H2. The summed E-state index contributed by atoms with van der Waals surface area (Å²) in [7, 11) is 0. The van der Waals surface area contributed by atoms with Gasteiger partial charge in [-0.3, -0.25) is 4.79 Å². The van der Waals surface area contributed by atoms with E-state index in [4.69, 9.17) is 11.6 Å². The summed E-state index contributed by atoms with van der Waals surface area (Å²) in [5, 5.41) is 0.707. The molecule has 0 aliphatic carbocycles. The second-order valence-corrected chi connectivity index (χ2v) is 3.92. The number of hydrogen-bond acceptors (Lipinski definition) is 1. The van der Waals surface area contributed by atoms with Gasteiger partial charge < -0.3 is 4.90 Å². The average molecular weight is 210 g/mol. The minimum atomic E-state index is 0.221. The van der Waals surface area contributed by atoms with Gasteiger partial charge >= 0.3 is 0 Å². The Morgan fingerprint density at radius 2 is 1.86 bits per heavy atom. The van der Waals surface area contributed by atoms with Gasteiger partial charge in [-0.05, 0) is 37.1 Å². The number of halogens is 1. The van der Waals surface area contributed by atoms with Gasteiger partial charge in [-0.2, -0.15) is 0 Å². The molecule has 1 aromatic rings. The normalized spacial score (nSPS) is 17.2. The van der Waals surface area contributed by atoms with Crippen LogP contribution >= 0.6 is 11.6 Å². The van der Waals surface area contributed by atoms with Crippen molar-refractivity contribution in [3.8, 4) is 0 Å². The third-order valence-electron chi connectivity index (χ3n) is 2.46. The maximum absolute atomic E-state index is 11.6. The molecule has 0 N–H and O–H groups in total. The largest absolute Gasteiger partial charge is 0.312 e. The van der Waals surface area contributed by atoms with E-state index in [1.807, 2.05) is 29.2 Å². The van der Waals surface area contributed by atoms with Gasteiger partial charge in [0.2, 0.25) is 5.91 Å². The molecule has 1 aromatic carbocycles. The van der Waals surface area contributed by atoms with Gasteiger partial charge in [-0.15, -0.1) is 0 Å². The monoisotopic (exact) mass is 209 g/mol. The molecule has 14 heavy (non-hydrogen) atoms. The lowest BCUT2D eigenvalue weighted by Gasteiger charge is -2.26. The van der Waals surface area contributed by atoms with Crippen LogP contribution in [0.1, 0.15) is 19.3 Å². The first-order valence-corrected chi connectivity index (χ1v) is 5.21. The number of amides is 1. The van der Waals surface area contributed by atoms with Crippen LogP contribution in [-0.4, -0.2) is 12.5 Å². The van der Waals surface area contributed by atoms with Crippen LogP contribution in [0.2, 0.25) is 5.02 Å². The van der Waals surface area contributed by atoms with Crippen molar-refractivity contribution in [1.82, 2.24) is 0 Å². The van der Waals surface area contributed by atoms with Gasteiger partial charge in [0.05, 0.1) is 0 Å². The lowest BCUT2D eigenvalue weighted by molar-refractivity contribution is -0.119. The van der Waals surface area contributed by atoms with E-state index in [2.05, 4.69) is 0 Å². The van der Waals surface area contributed by atoms with Crippen LogP contribution in [0.5, 0.6) is 0 Å². The Hall–Kier alpha value is -1.02. The molecular weight excluding hydrogens is 198 g/mol. The molecule has 0 saturated carbocycles. The molecule has 1 amide bonds. The summed E-state index contributed by atoms with van der Waals surface area (Å²) >= 11 is 5.78. The summed E-state index contributed by atoms with van der Waals surface area (Å²) in [6, 6.07) is 7.43. The van der Waals surface area contributed by atoms with Crippen molar-refractivity contribution >= 4 is 23.2 Å². The zero-order valence-corrected chi connectivity index (χ0v) is 8.63. The molecule has 0 spiro atoms. The molecule has 2 nitrogen and oxygen atoms in total. The minimum absolute atomic E-state index is 0.221. The molecule has 3 heteroatoms. The highest BCUT2D eigenvalue weighted by atomic mass is 35.5. The molecular formula is C11H12ClNO. The summed E-state index contributed by atoms with van der Waals surface area (Å²) in [6.45, 7) is 0.834. The van der Waals surface area contributed by atoms with Gasteiger partial charge in [0.1, 0.15) is 0 Å². The Balaban J connectivity index is 2.20.